The molecule has 2 aromatic rings. The zero-order valence-corrected chi connectivity index (χ0v) is 17.3. The molecule has 0 spiro atoms. The fourth-order valence-electron chi connectivity index (χ4n) is 2.90. The van der Waals surface area contributed by atoms with E-state index in [1.54, 1.807) is 26.4 Å². The molecule has 0 unspecified atom stereocenters. The molecule has 0 aliphatic heterocycles. The fraction of sp³-hybridized carbons (Fsp3) is 0.286. The van der Waals surface area contributed by atoms with Gasteiger partial charge in [0.25, 0.3) is 5.91 Å². The monoisotopic (exact) mass is 413 g/mol. The van der Waals surface area contributed by atoms with Crippen LogP contribution in [-0.2, 0) is 30.0 Å². The lowest BCUT2D eigenvalue weighted by atomic mass is 9.78. The molecule has 0 saturated heterocycles. The van der Waals surface area contributed by atoms with Crippen molar-refractivity contribution in [3.05, 3.63) is 65.2 Å². The Hall–Kier alpha value is -3.17. The van der Waals surface area contributed by atoms with Gasteiger partial charge in [0.05, 0.1) is 19.8 Å². The molecule has 0 fully saturated rings. The summed E-state index contributed by atoms with van der Waals surface area (Å²) < 4.78 is 19.9. The number of nitrogens with one attached hydrogen (secondary N) is 1. The SMILES string of the molecule is COB(OC)c1ccc(C[C@H](NC(=O)c2cccc(C(=O)OC)c2)C(=O)OC)cc1. The molecule has 0 aliphatic carbocycles. The summed E-state index contributed by atoms with van der Waals surface area (Å²) in [5.41, 5.74) is 2.09. The van der Waals surface area contributed by atoms with E-state index in [1.807, 2.05) is 24.3 Å². The minimum atomic E-state index is -0.907. The van der Waals surface area contributed by atoms with E-state index < -0.39 is 31.0 Å². The lowest BCUT2D eigenvalue weighted by Gasteiger charge is -2.17. The lowest BCUT2D eigenvalue weighted by Crippen LogP contribution is -2.43. The van der Waals surface area contributed by atoms with Gasteiger partial charge in [-0.2, -0.15) is 0 Å². The Morgan fingerprint density at radius 3 is 2.10 bits per heavy atom. The summed E-state index contributed by atoms with van der Waals surface area (Å²) in [6, 6.07) is 12.4. The maximum Gasteiger partial charge on any atom is 0.493 e. The number of esters is 2. The molecule has 0 radical (unpaired) electrons. The maximum atomic E-state index is 12.6. The summed E-state index contributed by atoms with van der Waals surface area (Å²) in [6.45, 7) is 0. The van der Waals surface area contributed by atoms with Crippen molar-refractivity contribution in [2.75, 3.05) is 28.4 Å². The van der Waals surface area contributed by atoms with Crippen LogP contribution >= 0.6 is 0 Å². The molecule has 30 heavy (non-hydrogen) atoms. The van der Waals surface area contributed by atoms with E-state index >= 15 is 0 Å². The number of benzene rings is 2. The number of methoxy groups -OCH3 is 2. The summed E-state index contributed by atoms with van der Waals surface area (Å²) >= 11 is 0. The van der Waals surface area contributed by atoms with Crippen molar-refractivity contribution in [3.8, 4) is 0 Å². The van der Waals surface area contributed by atoms with Gasteiger partial charge in [0.15, 0.2) is 0 Å². The summed E-state index contributed by atoms with van der Waals surface area (Å²) in [5.74, 6) is -1.64. The van der Waals surface area contributed by atoms with Crippen molar-refractivity contribution in [2.45, 2.75) is 12.5 Å². The number of amides is 1. The Labute approximate surface area is 175 Å². The van der Waals surface area contributed by atoms with E-state index in [9.17, 15) is 14.4 Å². The Balaban J connectivity index is 2.16. The van der Waals surface area contributed by atoms with Gasteiger partial charge in [-0.3, -0.25) is 4.79 Å². The van der Waals surface area contributed by atoms with Crippen LogP contribution in [0.15, 0.2) is 48.5 Å². The van der Waals surface area contributed by atoms with Gasteiger partial charge in [0, 0.05) is 26.2 Å². The van der Waals surface area contributed by atoms with Gasteiger partial charge < -0.3 is 24.1 Å². The Bertz CT molecular complexity index is 881. The molecule has 1 N–H and O–H groups in total. The van der Waals surface area contributed by atoms with Crippen LogP contribution in [0.2, 0.25) is 0 Å². The number of ether oxygens (including phenoxy) is 2. The molecule has 1 amide bonds. The van der Waals surface area contributed by atoms with Crippen LogP contribution in [0.1, 0.15) is 26.3 Å². The molecule has 0 aromatic heterocycles. The Morgan fingerprint density at radius 2 is 1.53 bits per heavy atom. The minimum Gasteiger partial charge on any atom is -0.467 e. The smallest absolute Gasteiger partial charge is 0.467 e. The first kappa shape index (κ1) is 23.1. The van der Waals surface area contributed by atoms with Crippen molar-refractivity contribution < 1.29 is 33.2 Å². The van der Waals surface area contributed by atoms with Gasteiger partial charge >= 0.3 is 19.1 Å². The average molecular weight is 413 g/mol. The predicted octanol–water partition coefficient (Wildman–Crippen LogP) is 0.975. The van der Waals surface area contributed by atoms with E-state index in [-0.39, 0.29) is 17.5 Å². The third kappa shape index (κ3) is 5.92. The summed E-state index contributed by atoms with van der Waals surface area (Å²) in [4.78, 5) is 36.5. The van der Waals surface area contributed by atoms with E-state index in [4.69, 9.17) is 14.0 Å². The number of carbonyl (C=O) groups is 3. The summed E-state index contributed by atoms with van der Waals surface area (Å²) in [7, 11) is 5.11. The van der Waals surface area contributed by atoms with Gasteiger partial charge in [0.1, 0.15) is 6.04 Å². The lowest BCUT2D eigenvalue weighted by molar-refractivity contribution is -0.142. The Kier molecular flexibility index (Phi) is 8.58. The highest BCUT2D eigenvalue weighted by atomic mass is 16.6. The highest BCUT2D eigenvalue weighted by Gasteiger charge is 2.24. The molecule has 2 rings (SSSR count). The third-order valence-corrected chi connectivity index (χ3v) is 4.46. The first-order valence-corrected chi connectivity index (χ1v) is 9.15. The van der Waals surface area contributed by atoms with E-state index in [2.05, 4.69) is 10.1 Å². The number of hydrogen-bond acceptors (Lipinski definition) is 7. The fourth-order valence-corrected chi connectivity index (χ4v) is 2.90. The molecule has 0 heterocycles. The Morgan fingerprint density at radius 1 is 0.900 bits per heavy atom. The van der Waals surface area contributed by atoms with Crippen LogP contribution in [0.5, 0.6) is 0 Å². The largest absolute Gasteiger partial charge is 0.493 e. The van der Waals surface area contributed by atoms with Crippen LogP contribution in [0.3, 0.4) is 0 Å². The molecular weight excluding hydrogens is 389 g/mol. The molecular formula is C21H24BNO7. The summed E-state index contributed by atoms with van der Waals surface area (Å²) in [6.07, 6.45) is 0.222. The first-order chi connectivity index (χ1) is 14.4. The number of rotatable bonds is 9. The molecule has 1 atom stereocenters. The molecule has 0 aliphatic rings. The van der Waals surface area contributed by atoms with Gasteiger partial charge in [0.2, 0.25) is 0 Å². The van der Waals surface area contributed by atoms with E-state index in [1.165, 1.54) is 26.4 Å². The van der Waals surface area contributed by atoms with Crippen LogP contribution in [0, 0.1) is 0 Å². The van der Waals surface area contributed by atoms with Crippen LogP contribution in [-0.4, -0.2) is 59.4 Å². The zero-order chi connectivity index (χ0) is 22.1. The maximum absolute atomic E-state index is 12.6. The quantitative estimate of drug-likeness (QED) is 0.483. The van der Waals surface area contributed by atoms with Crippen LogP contribution < -0.4 is 10.8 Å². The topological polar surface area (TPSA) is 100 Å². The first-order valence-electron chi connectivity index (χ1n) is 9.15. The normalized spacial score (nSPS) is 11.3. The van der Waals surface area contributed by atoms with Gasteiger partial charge in [-0.15, -0.1) is 0 Å². The van der Waals surface area contributed by atoms with Gasteiger partial charge in [-0.25, -0.2) is 9.59 Å². The second-order valence-corrected chi connectivity index (χ2v) is 6.37. The van der Waals surface area contributed by atoms with Crippen molar-refractivity contribution in [1.29, 1.82) is 0 Å². The highest BCUT2D eigenvalue weighted by molar-refractivity contribution is 6.61. The van der Waals surface area contributed by atoms with E-state index in [0.29, 0.717) is 0 Å². The van der Waals surface area contributed by atoms with Crippen LogP contribution in [0.25, 0.3) is 0 Å². The van der Waals surface area contributed by atoms with E-state index in [0.717, 1.165) is 11.0 Å². The third-order valence-electron chi connectivity index (χ3n) is 4.46. The second kappa shape index (κ2) is 11.1. The zero-order valence-electron chi connectivity index (χ0n) is 17.3. The van der Waals surface area contributed by atoms with Crippen molar-refractivity contribution in [2.24, 2.45) is 0 Å². The molecule has 0 bridgehead atoms. The van der Waals surface area contributed by atoms with Crippen LogP contribution in [0.4, 0.5) is 0 Å². The van der Waals surface area contributed by atoms with Gasteiger partial charge in [-0.05, 0) is 29.2 Å². The average Bonchev–Trinajstić information content (AvgIpc) is 2.79. The number of carbonyl (C=O) groups excluding carboxylic acids is 3. The van der Waals surface area contributed by atoms with Crippen molar-refractivity contribution in [3.63, 3.8) is 0 Å². The van der Waals surface area contributed by atoms with Crippen molar-refractivity contribution >= 4 is 30.4 Å². The number of hydrogen-bond donors (Lipinski definition) is 1. The second-order valence-electron chi connectivity index (χ2n) is 6.37. The minimum absolute atomic E-state index is 0.222. The highest BCUT2D eigenvalue weighted by Crippen LogP contribution is 2.09. The predicted molar refractivity (Wildman–Crippen MR) is 111 cm³/mol. The molecule has 9 heteroatoms. The summed E-state index contributed by atoms with van der Waals surface area (Å²) in [5, 5.41) is 2.66. The van der Waals surface area contributed by atoms with Gasteiger partial charge in [-0.1, -0.05) is 30.3 Å². The van der Waals surface area contributed by atoms with Crippen molar-refractivity contribution in [1.82, 2.24) is 5.32 Å². The standard InChI is InChI=1S/C21H24BNO7/c1-27-20(25)16-7-5-6-15(13-16)19(24)23-18(21(26)28-2)12-14-8-10-17(11-9-14)22(29-3)30-4/h5-11,13,18H,12H2,1-4H3,(H,23,24)/t18-/m0/s1. The molecule has 2 aromatic carbocycles. The molecule has 0 saturated carbocycles. The molecule has 8 nitrogen and oxygen atoms in total. The molecule has 158 valence electrons.